The Morgan fingerprint density at radius 2 is 1.83 bits per heavy atom. The van der Waals surface area contributed by atoms with Crippen molar-refractivity contribution in [2.24, 2.45) is 0 Å². The van der Waals surface area contributed by atoms with E-state index in [1.807, 2.05) is 30.3 Å². The van der Waals surface area contributed by atoms with Gasteiger partial charge >= 0.3 is 0 Å². The Bertz CT molecular complexity index is 563. The zero-order chi connectivity index (χ0) is 13.1. The minimum Gasteiger partial charge on any atom is -0.293 e. The van der Waals surface area contributed by atoms with Crippen LogP contribution in [-0.4, -0.2) is 11.5 Å². The van der Waals surface area contributed by atoms with Crippen molar-refractivity contribution in [1.29, 1.82) is 0 Å². The summed E-state index contributed by atoms with van der Waals surface area (Å²) in [6.07, 6.45) is 0. The summed E-state index contributed by atoms with van der Waals surface area (Å²) in [4.78, 5) is 13.1. The molecule has 1 heterocycles. The molecule has 0 saturated heterocycles. The molecule has 0 unspecified atom stereocenters. The first-order chi connectivity index (χ1) is 8.56. The fourth-order valence-electron chi connectivity index (χ4n) is 1.29. The minimum absolute atomic E-state index is 0.136. The van der Waals surface area contributed by atoms with E-state index >= 15 is 0 Å². The predicted molar refractivity (Wildman–Crippen MR) is 88.9 cm³/mol. The van der Waals surface area contributed by atoms with Crippen LogP contribution in [0.4, 0.5) is 0 Å². The number of halogens is 3. The average Bonchev–Trinajstić information content (AvgIpc) is 2.67. The summed E-state index contributed by atoms with van der Waals surface area (Å²) in [6, 6.07) is 9.81. The lowest BCUT2D eigenvalue weighted by atomic mass is 10.2. The second-order valence-electron chi connectivity index (χ2n) is 3.40. The summed E-state index contributed by atoms with van der Waals surface area (Å²) in [6.45, 7) is 0. The monoisotopic (exact) mass is 468 g/mol. The molecule has 6 heteroatoms. The quantitative estimate of drug-likeness (QED) is 0.402. The van der Waals surface area contributed by atoms with Gasteiger partial charge < -0.3 is 0 Å². The number of carbonyl (C=O) groups excluding carboxylic acids is 1. The molecule has 2 aromatic rings. The lowest BCUT2D eigenvalue weighted by molar-refractivity contribution is 0.102. The molecular formula is C12H7Br3OS2. The number of Topliss-reactive ketones (excluding diaryl/α,β-unsaturated/α-hetero) is 1. The van der Waals surface area contributed by atoms with Gasteiger partial charge in [0.15, 0.2) is 5.78 Å². The molecule has 1 aromatic carbocycles. The average molecular weight is 471 g/mol. The van der Waals surface area contributed by atoms with Crippen LogP contribution in [0.5, 0.6) is 0 Å². The van der Waals surface area contributed by atoms with Crippen molar-refractivity contribution < 1.29 is 4.79 Å². The third-order valence-corrected chi connectivity index (χ3v) is 6.02. The van der Waals surface area contributed by atoms with Crippen molar-refractivity contribution in [2.75, 3.05) is 5.75 Å². The third-order valence-electron chi connectivity index (χ3n) is 2.14. The van der Waals surface area contributed by atoms with Gasteiger partial charge in [-0.25, -0.2) is 0 Å². The van der Waals surface area contributed by atoms with Crippen molar-refractivity contribution in [3.63, 3.8) is 0 Å². The van der Waals surface area contributed by atoms with Crippen LogP contribution in [0, 0.1) is 0 Å². The van der Waals surface area contributed by atoms with Crippen molar-refractivity contribution in [3.05, 3.63) is 47.9 Å². The molecule has 0 bridgehead atoms. The Balaban J connectivity index is 2.00. The standard InChI is InChI=1S/C12H7Br3OS2/c13-7-1-3-8(4-2-7)17-6-10(16)9-5-11(14)18-12(9)15/h1-5H,6H2. The van der Waals surface area contributed by atoms with Gasteiger partial charge in [0.2, 0.25) is 0 Å². The van der Waals surface area contributed by atoms with E-state index < -0.39 is 0 Å². The molecule has 1 nitrogen and oxygen atoms in total. The largest absolute Gasteiger partial charge is 0.293 e. The van der Waals surface area contributed by atoms with Gasteiger partial charge in [-0.3, -0.25) is 4.79 Å². The Kier molecular flexibility index (Phi) is 5.50. The lowest BCUT2D eigenvalue weighted by Gasteiger charge is -2.01. The van der Waals surface area contributed by atoms with E-state index in [9.17, 15) is 4.79 Å². The molecule has 1 aromatic heterocycles. The molecule has 0 radical (unpaired) electrons. The molecule has 0 amide bonds. The number of carbonyl (C=O) groups is 1. The second-order valence-corrected chi connectivity index (χ2v) is 9.12. The fourth-order valence-corrected chi connectivity index (χ4v) is 5.19. The SMILES string of the molecule is O=C(CSc1ccc(Br)cc1)c1cc(Br)sc1Br. The molecule has 0 saturated carbocycles. The number of hydrogen-bond acceptors (Lipinski definition) is 3. The number of ketones is 1. The first kappa shape index (κ1) is 14.8. The van der Waals surface area contributed by atoms with Crippen LogP contribution in [0.1, 0.15) is 10.4 Å². The fraction of sp³-hybridized carbons (Fsp3) is 0.0833. The molecular weight excluding hydrogens is 464 g/mol. The predicted octanol–water partition coefficient (Wildman–Crippen LogP) is 6.01. The molecule has 0 fully saturated rings. The maximum Gasteiger partial charge on any atom is 0.175 e. The summed E-state index contributed by atoms with van der Waals surface area (Å²) in [7, 11) is 0. The van der Waals surface area contributed by atoms with Crippen LogP contribution in [0.15, 0.2) is 47.3 Å². The highest BCUT2D eigenvalue weighted by Gasteiger charge is 2.13. The molecule has 0 N–H and O–H groups in total. The van der Waals surface area contributed by atoms with Gasteiger partial charge in [0.1, 0.15) is 0 Å². The topological polar surface area (TPSA) is 17.1 Å². The van der Waals surface area contributed by atoms with Crippen molar-refractivity contribution in [3.8, 4) is 0 Å². The number of benzene rings is 1. The zero-order valence-electron chi connectivity index (χ0n) is 8.95. The summed E-state index contributed by atoms with van der Waals surface area (Å²) in [5.74, 6) is 0.584. The van der Waals surface area contributed by atoms with E-state index in [0.29, 0.717) is 5.75 Å². The Hall–Kier alpha value is 0.380. The van der Waals surface area contributed by atoms with E-state index in [4.69, 9.17) is 0 Å². The number of thiophene rings is 1. The Labute approximate surface area is 139 Å². The van der Waals surface area contributed by atoms with Gasteiger partial charge in [0, 0.05) is 14.9 Å². The second kappa shape index (κ2) is 6.70. The molecule has 2 rings (SSSR count). The Morgan fingerprint density at radius 1 is 1.17 bits per heavy atom. The summed E-state index contributed by atoms with van der Waals surface area (Å²) >= 11 is 13.2. The van der Waals surface area contributed by atoms with E-state index in [2.05, 4.69) is 47.8 Å². The van der Waals surface area contributed by atoms with Crippen LogP contribution >= 0.6 is 70.9 Å². The molecule has 0 aliphatic rings. The Morgan fingerprint density at radius 3 is 2.39 bits per heavy atom. The van der Waals surface area contributed by atoms with E-state index in [0.717, 1.165) is 22.5 Å². The molecule has 94 valence electrons. The first-order valence-corrected chi connectivity index (χ1v) is 9.11. The highest BCUT2D eigenvalue weighted by Crippen LogP contribution is 2.33. The number of rotatable bonds is 4. The molecule has 0 aliphatic carbocycles. The highest BCUT2D eigenvalue weighted by atomic mass is 79.9. The number of thioether (sulfide) groups is 1. The van der Waals surface area contributed by atoms with Gasteiger partial charge in [0.25, 0.3) is 0 Å². The zero-order valence-corrected chi connectivity index (χ0v) is 15.3. The minimum atomic E-state index is 0.136. The number of hydrogen-bond donors (Lipinski definition) is 0. The van der Waals surface area contributed by atoms with Gasteiger partial charge in [-0.2, -0.15) is 0 Å². The summed E-state index contributed by atoms with van der Waals surface area (Å²) < 4.78 is 2.89. The van der Waals surface area contributed by atoms with Crippen molar-refractivity contribution >= 4 is 76.7 Å². The summed E-state index contributed by atoms with van der Waals surface area (Å²) in [5, 5.41) is 0. The first-order valence-electron chi connectivity index (χ1n) is 4.92. The van der Waals surface area contributed by atoms with E-state index in [-0.39, 0.29) is 5.78 Å². The lowest BCUT2D eigenvalue weighted by Crippen LogP contribution is -2.01. The maximum absolute atomic E-state index is 12.0. The van der Waals surface area contributed by atoms with E-state index in [1.165, 1.54) is 11.3 Å². The van der Waals surface area contributed by atoms with Gasteiger partial charge in [0.05, 0.1) is 13.3 Å². The third kappa shape index (κ3) is 3.93. The molecule has 18 heavy (non-hydrogen) atoms. The molecule has 0 aliphatic heterocycles. The molecule has 0 spiro atoms. The van der Waals surface area contributed by atoms with Gasteiger partial charge in [-0.15, -0.1) is 23.1 Å². The summed E-state index contributed by atoms with van der Waals surface area (Å²) in [5.41, 5.74) is 0.747. The van der Waals surface area contributed by atoms with Crippen LogP contribution in [0.2, 0.25) is 0 Å². The van der Waals surface area contributed by atoms with Gasteiger partial charge in [-0.1, -0.05) is 15.9 Å². The smallest absolute Gasteiger partial charge is 0.175 e. The molecule has 0 atom stereocenters. The van der Waals surface area contributed by atoms with E-state index in [1.54, 1.807) is 11.8 Å². The highest BCUT2D eigenvalue weighted by molar-refractivity contribution is 9.12. The van der Waals surface area contributed by atoms with Crippen LogP contribution in [0.3, 0.4) is 0 Å². The van der Waals surface area contributed by atoms with Crippen molar-refractivity contribution in [1.82, 2.24) is 0 Å². The van der Waals surface area contributed by atoms with Crippen LogP contribution in [0.25, 0.3) is 0 Å². The van der Waals surface area contributed by atoms with Crippen LogP contribution < -0.4 is 0 Å². The van der Waals surface area contributed by atoms with Crippen molar-refractivity contribution in [2.45, 2.75) is 4.90 Å². The maximum atomic E-state index is 12.0. The van der Waals surface area contributed by atoms with Crippen LogP contribution in [-0.2, 0) is 0 Å². The normalized spacial score (nSPS) is 10.6. The van der Waals surface area contributed by atoms with Gasteiger partial charge in [-0.05, 0) is 62.2 Å².